The maximum absolute atomic E-state index is 15.0. The molecule has 1 amide bonds. The molecule has 1 fully saturated rings. The van der Waals surface area contributed by atoms with E-state index in [0.29, 0.717) is 5.69 Å². The molecule has 0 atom stereocenters. The van der Waals surface area contributed by atoms with Crippen LogP contribution in [0.5, 0.6) is 5.75 Å². The minimum atomic E-state index is -1.12. The maximum Gasteiger partial charge on any atom is 0.259 e. The van der Waals surface area contributed by atoms with Gasteiger partial charge < -0.3 is 9.64 Å². The van der Waals surface area contributed by atoms with E-state index in [0.717, 1.165) is 4.90 Å². The summed E-state index contributed by atoms with van der Waals surface area (Å²) in [6.45, 7) is 3.29. The van der Waals surface area contributed by atoms with Crippen LogP contribution in [0.25, 0.3) is 0 Å². The minimum Gasteiger partial charge on any atom is -0.492 e. The largest absolute Gasteiger partial charge is 0.492 e. The number of nitriles is 1. The molecule has 0 aliphatic carbocycles. The molecule has 0 N–H and O–H groups in total. The first kappa shape index (κ1) is 18.7. The number of carbonyl (C=O) groups excluding carboxylic acids is 1. The third kappa shape index (κ3) is 2.80. The molecule has 1 aliphatic heterocycles. The summed E-state index contributed by atoms with van der Waals surface area (Å²) < 4.78 is 33.2. The van der Waals surface area contributed by atoms with Crippen molar-refractivity contribution in [2.24, 2.45) is 0 Å². The summed E-state index contributed by atoms with van der Waals surface area (Å²) in [6, 6.07) is 10.0. The molecule has 3 rings (SSSR count). The Morgan fingerprint density at radius 3 is 2.33 bits per heavy atom. The summed E-state index contributed by atoms with van der Waals surface area (Å²) in [5, 5.41) is 9.13. The lowest BCUT2D eigenvalue weighted by molar-refractivity contribution is -0.120. The molecular formula is C19H15F2N3O2S. The lowest BCUT2D eigenvalue weighted by Crippen LogP contribution is -2.44. The number of rotatable bonds is 3. The Hall–Kier alpha value is -3.05. The van der Waals surface area contributed by atoms with Crippen molar-refractivity contribution in [3.05, 3.63) is 53.6 Å². The molecule has 0 aromatic heterocycles. The van der Waals surface area contributed by atoms with E-state index in [1.54, 1.807) is 13.8 Å². The molecule has 27 heavy (non-hydrogen) atoms. The van der Waals surface area contributed by atoms with Gasteiger partial charge in [0.1, 0.15) is 17.4 Å². The molecule has 0 spiro atoms. The SMILES string of the molecule is COc1c(C#N)ccc(N2C(=O)C(C)(C)N(c3ccc(F)cc3)C2=S)c1F. The Morgan fingerprint density at radius 2 is 1.78 bits per heavy atom. The number of benzene rings is 2. The minimum absolute atomic E-state index is 0.00552. The van der Waals surface area contributed by atoms with Crippen LogP contribution in [0, 0.1) is 23.0 Å². The molecule has 138 valence electrons. The zero-order valence-corrected chi connectivity index (χ0v) is 15.6. The summed E-state index contributed by atoms with van der Waals surface area (Å²) in [6.07, 6.45) is 0. The van der Waals surface area contributed by atoms with Crippen molar-refractivity contribution in [1.82, 2.24) is 0 Å². The van der Waals surface area contributed by atoms with E-state index in [1.807, 2.05) is 6.07 Å². The number of anilines is 2. The highest BCUT2D eigenvalue weighted by atomic mass is 32.1. The smallest absolute Gasteiger partial charge is 0.259 e. The van der Waals surface area contributed by atoms with E-state index in [9.17, 15) is 13.6 Å². The van der Waals surface area contributed by atoms with Gasteiger partial charge in [-0.1, -0.05) is 0 Å². The summed E-state index contributed by atoms with van der Waals surface area (Å²) in [5.41, 5.74) is -0.726. The molecule has 0 unspecified atom stereocenters. The topological polar surface area (TPSA) is 56.6 Å². The molecule has 5 nitrogen and oxygen atoms in total. The predicted octanol–water partition coefficient (Wildman–Crippen LogP) is 3.76. The van der Waals surface area contributed by atoms with Crippen LogP contribution in [-0.4, -0.2) is 23.7 Å². The molecule has 1 aliphatic rings. The first-order valence-electron chi connectivity index (χ1n) is 7.95. The summed E-state index contributed by atoms with van der Waals surface area (Å²) >= 11 is 5.45. The number of nitrogens with zero attached hydrogens (tertiary/aromatic N) is 3. The van der Waals surface area contributed by atoms with Gasteiger partial charge >= 0.3 is 0 Å². The second kappa shape index (κ2) is 6.59. The van der Waals surface area contributed by atoms with Gasteiger partial charge in [-0.3, -0.25) is 9.69 Å². The zero-order chi connectivity index (χ0) is 19.9. The van der Waals surface area contributed by atoms with Crippen LogP contribution in [-0.2, 0) is 4.79 Å². The Bertz CT molecular complexity index is 984. The highest BCUT2D eigenvalue weighted by Crippen LogP contribution is 2.39. The molecule has 8 heteroatoms. The number of halogens is 2. The fourth-order valence-electron chi connectivity index (χ4n) is 3.04. The fraction of sp³-hybridized carbons (Fsp3) is 0.211. The van der Waals surface area contributed by atoms with Crippen LogP contribution >= 0.6 is 12.2 Å². The van der Waals surface area contributed by atoms with Gasteiger partial charge in [0, 0.05) is 5.69 Å². The first-order chi connectivity index (χ1) is 12.7. The molecular weight excluding hydrogens is 372 g/mol. The van der Waals surface area contributed by atoms with E-state index in [-0.39, 0.29) is 22.1 Å². The number of thiocarbonyl (C=S) groups is 1. The Kier molecular flexibility index (Phi) is 4.57. The van der Waals surface area contributed by atoms with Crippen LogP contribution in [0.4, 0.5) is 20.2 Å². The van der Waals surface area contributed by atoms with Crippen molar-refractivity contribution in [1.29, 1.82) is 5.26 Å². The lowest BCUT2D eigenvalue weighted by Gasteiger charge is -2.29. The third-order valence-electron chi connectivity index (χ3n) is 4.40. The van der Waals surface area contributed by atoms with Gasteiger partial charge in [-0.25, -0.2) is 8.78 Å². The van der Waals surface area contributed by atoms with Crippen LogP contribution in [0.3, 0.4) is 0 Å². The lowest BCUT2D eigenvalue weighted by atomic mass is 10.0. The van der Waals surface area contributed by atoms with Crippen molar-refractivity contribution in [2.45, 2.75) is 19.4 Å². The number of carbonyl (C=O) groups is 1. The fourth-order valence-corrected chi connectivity index (χ4v) is 3.55. The second-order valence-corrected chi connectivity index (χ2v) is 6.75. The van der Waals surface area contributed by atoms with Crippen LogP contribution in [0.2, 0.25) is 0 Å². The standard InChI is InChI=1S/C19H15F2N3O2S/c1-19(2)17(25)23(14-9-4-11(10-22)16(26-3)15(14)21)18(27)24(19)13-7-5-12(20)6-8-13/h4-9H,1-3H3. The maximum atomic E-state index is 15.0. The van der Waals surface area contributed by atoms with Crippen molar-refractivity contribution in [3.63, 3.8) is 0 Å². The number of methoxy groups -OCH3 is 1. The normalized spacial score (nSPS) is 15.9. The average molecular weight is 387 g/mol. The van der Waals surface area contributed by atoms with Crippen LogP contribution < -0.4 is 14.5 Å². The van der Waals surface area contributed by atoms with Gasteiger partial charge in [0.25, 0.3) is 5.91 Å². The summed E-state index contributed by atoms with van der Waals surface area (Å²) in [5.74, 6) is -2.00. The number of hydrogen-bond acceptors (Lipinski definition) is 4. The Morgan fingerprint density at radius 1 is 1.15 bits per heavy atom. The molecule has 0 bridgehead atoms. The van der Waals surface area contributed by atoms with Crippen molar-refractivity contribution < 1.29 is 18.3 Å². The van der Waals surface area contributed by atoms with Crippen molar-refractivity contribution in [3.8, 4) is 11.8 Å². The van der Waals surface area contributed by atoms with Gasteiger partial charge in [0.15, 0.2) is 16.7 Å². The quantitative estimate of drug-likeness (QED) is 0.751. The van der Waals surface area contributed by atoms with Gasteiger partial charge in [-0.05, 0) is 62.5 Å². The molecule has 0 radical (unpaired) electrons. The van der Waals surface area contributed by atoms with E-state index >= 15 is 0 Å². The highest BCUT2D eigenvalue weighted by molar-refractivity contribution is 7.81. The van der Waals surface area contributed by atoms with Gasteiger partial charge in [0.05, 0.1) is 18.4 Å². The van der Waals surface area contributed by atoms with E-state index in [2.05, 4.69) is 0 Å². The second-order valence-electron chi connectivity index (χ2n) is 6.39. The van der Waals surface area contributed by atoms with Crippen LogP contribution in [0.15, 0.2) is 36.4 Å². The van der Waals surface area contributed by atoms with E-state index < -0.39 is 23.1 Å². The van der Waals surface area contributed by atoms with Crippen molar-refractivity contribution >= 4 is 34.6 Å². The number of ether oxygens (including phenoxy) is 1. The third-order valence-corrected chi connectivity index (χ3v) is 4.76. The van der Waals surface area contributed by atoms with Crippen LogP contribution in [0.1, 0.15) is 19.4 Å². The zero-order valence-electron chi connectivity index (χ0n) is 14.8. The van der Waals surface area contributed by atoms with Gasteiger partial charge in [0.2, 0.25) is 0 Å². The predicted molar refractivity (Wildman–Crippen MR) is 101 cm³/mol. The first-order valence-corrected chi connectivity index (χ1v) is 8.35. The van der Waals surface area contributed by atoms with E-state index in [4.69, 9.17) is 22.2 Å². The Labute approximate surface area is 160 Å². The molecule has 1 saturated heterocycles. The molecule has 2 aromatic rings. The number of amides is 1. The molecule has 2 aromatic carbocycles. The molecule has 0 saturated carbocycles. The summed E-state index contributed by atoms with van der Waals surface area (Å²) in [4.78, 5) is 15.6. The van der Waals surface area contributed by atoms with Gasteiger partial charge in [-0.2, -0.15) is 5.26 Å². The van der Waals surface area contributed by atoms with Crippen molar-refractivity contribution in [2.75, 3.05) is 16.9 Å². The molecule has 1 heterocycles. The van der Waals surface area contributed by atoms with Gasteiger partial charge in [-0.15, -0.1) is 0 Å². The number of hydrogen-bond donors (Lipinski definition) is 0. The Balaban J connectivity index is 2.13. The van der Waals surface area contributed by atoms with E-state index in [1.165, 1.54) is 48.4 Å². The monoisotopic (exact) mass is 387 g/mol. The average Bonchev–Trinajstić information content (AvgIpc) is 2.81. The summed E-state index contributed by atoms with van der Waals surface area (Å²) in [7, 11) is 1.24. The highest BCUT2D eigenvalue weighted by Gasteiger charge is 2.51.